The van der Waals surface area contributed by atoms with Gasteiger partial charge in [-0.1, -0.05) is 6.07 Å². The number of carbonyl (C=O) groups excluding carboxylic acids is 1. The highest BCUT2D eigenvalue weighted by atomic mass is 16.5. The Bertz CT molecular complexity index is 786. The molecule has 1 heterocycles. The molecule has 1 amide bonds. The molecule has 0 bridgehead atoms. The molecule has 0 radical (unpaired) electrons. The van der Waals surface area contributed by atoms with E-state index in [9.17, 15) is 10.1 Å². The van der Waals surface area contributed by atoms with Crippen LogP contribution >= 0.6 is 0 Å². The molecule has 0 unspecified atom stereocenters. The third kappa shape index (κ3) is 5.15. The average molecular weight is 340 g/mol. The highest BCUT2D eigenvalue weighted by Gasteiger charge is 2.11. The molecule has 2 aromatic rings. The Hall–Kier alpha value is -3.20. The van der Waals surface area contributed by atoms with E-state index in [4.69, 9.17) is 13.9 Å². The molecule has 2 rings (SSSR count). The van der Waals surface area contributed by atoms with E-state index in [0.717, 1.165) is 0 Å². The number of methoxy groups -OCH3 is 1. The maximum absolute atomic E-state index is 12.1. The second kappa shape index (κ2) is 8.60. The number of benzene rings is 1. The summed E-state index contributed by atoms with van der Waals surface area (Å²) in [6.45, 7) is 4.06. The van der Waals surface area contributed by atoms with E-state index >= 15 is 0 Å². The number of hydrogen-bond donors (Lipinski definition) is 1. The first-order valence-corrected chi connectivity index (χ1v) is 7.80. The zero-order valence-corrected chi connectivity index (χ0v) is 14.4. The fourth-order valence-corrected chi connectivity index (χ4v) is 2.12. The molecular weight excluding hydrogens is 320 g/mol. The Kier molecular flexibility index (Phi) is 6.24. The summed E-state index contributed by atoms with van der Waals surface area (Å²) in [6.07, 6.45) is 3.03. The summed E-state index contributed by atoms with van der Waals surface area (Å²) in [5.41, 5.74) is 0.656. The van der Waals surface area contributed by atoms with Crippen molar-refractivity contribution in [3.05, 3.63) is 53.5 Å². The maximum atomic E-state index is 12.1. The summed E-state index contributed by atoms with van der Waals surface area (Å²) < 4.78 is 16.1. The predicted octanol–water partition coefficient (Wildman–Crippen LogP) is 3.30. The molecule has 0 fully saturated rings. The zero-order valence-electron chi connectivity index (χ0n) is 14.4. The number of nitrogens with one attached hydrogen (secondary N) is 1. The number of nitrogens with zero attached hydrogens (tertiary/aromatic N) is 1. The molecule has 130 valence electrons. The number of amides is 1. The number of hydrogen-bond acceptors (Lipinski definition) is 5. The molecule has 0 spiro atoms. The number of carbonyl (C=O) groups is 1. The quantitative estimate of drug-likeness (QED) is 0.617. The van der Waals surface area contributed by atoms with Crippen molar-refractivity contribution >= 4 is 12.0 Å². The number of furan rings is 1. The van der Waals surface area contributed by atoms with E-state index in [0.29, 0.717) is 22.8 Å². The lowest BCUT2D eigenvalue weighted by Gasteiger charge is -2.13. The van der Waals surface area contributed by atoms with Crippen LogP contribution in [0, 0.1) is 11.3 Å². The van der Waals surface area contributed by atoms with E-state index < -0.39 is 5.91 Å². The molecule has 0 atom stereocenters. The monoisotopic (exact) mass is 340 g/mol. The number of nitriles is 1. The van der Waals surface area contributed by atoms with Crippen molar-refractivity contribution in [2.45, 2.75) is 26.5 Å². The molecular formula is C19H20N2O4. The van der Waals surface area contributed by atoms with Gasteiger partial charge in [0.2, 0.25) is 0 Å². The van der Waals surface area contributed by atoms with Gasteiger partial charge in [-0.05, 0) is 49.8 Å². The SMILES string of the molecule is COc1cc(/C=C(\C#N)C(=O)NCc2ccco2)ccc1OC(C)C. The van der Waals surface area contributed by atoms with Crippen molar-refractivity contribution in [3.8, 4) is 17.6 Å². The van der Waals surface area contributed by atoms with Gasteiger partial charge < -0.3 is 19.2 Å². The van der Waals surface area contributed by atoms with E-state index in [-0.39, 0.29) is 18.2 Å². The number of rotatable bonds is 7. The summed E-state index contributed by atoms with van der Waals surface area (Å²) in [5.74, 6) is 1.29. The molecule has 0 aliphatic carbocycles. The van der Waals surface area contributed by atoms with Crippen LogP contribution in [0.1, 0.15) is 25.2 Å². The molecule has 0 aliphatic rings. The van der Waals surface area contributed by atoms with Crippen LogP contribution in [0.25, 0.3) is 6.08 Å². The Morgan fingerprint density at radius 2 is 2.16 bits per heavy atom. The molecule has 25 heavy (non-hydrogen) atoms. The van der Waals surface area contributed by atoms with E-state index in [1.54, 1.807) is 30.3 Å². The van der Waals surface area contributed by atoms with Crippen molar-refractivity contribution in [1.82, 2.24) is 5.32 Å². The van der Waals surface area contributed by atoms with Crippen LogP contribution in [0.15, 0.2) is 46.6 Å². The Morgan fingerprint density at radius 3 is 2.76 bits per heavy atom. The van der Waals surface area contributed by atoms with Gasteiger partial charge in [0.1, 0.15) is 17.4 Å². The standard InChI is InChI=1S/C19H20N2O4/c1-13(2)25-17-7-6-14(10-18(17)23-3)9-15(11-20)19(22)21-12-16-5-4-8-24-16/h4-10,13H,12H2,1-3H3,(H,21,22)/b15-9+. The zero-order chi connectivity index (χ0) is 18.2. The molecule has 6 nitrogen and oxygen atoms in total. The summed E-state index contributed by atoms with van der Waals surface area (Å²) in [6, 6.07) is 10.6. The normalized spacial score (nSPS) is 11.1. The van der Waals surface area contributed by atoms with Crippen LogP contribution in [0.3, 0.4) is 0 Å². The summed E-state index contributed by atoms with van der Waals surface area (Å²) in [7, 11) is 1.54. The van der Waals surface area contributed by atoms with Gasteiger partial charge in [0.05, 0.1) is 26.0 Å². The van der Waals surface area contributed by atoms with Crippen LogP contribution in [0.2, 0.25) is 0 Å². The fraction of sp³-hybridized carbons (Fsp3) is 0.263. The summed E-state index contributed by atoms with van der Waals surface area (Å²) in [5, 5.41) is 11.9. The molecule has 0 saturated carbocycles. The average Bonchev–Trinajstić information content (AvgIpc) is 3.11. The highest BCUT2D eigenvalue weighted by molar-refractivity contribution is 6.01. The Balaban J connectivity index is 2.15. The smallest absolute Gasteiger partial charge is 0.262 e. The van der Waals surface area contributed by atoms with Gasteiger partial charge in [-0.3, -0.25) is 4.79 Å². The van der Waals surface area contributed by atoms with Crippen molar-refractivity contribution in [3.63, 3.8) is 0 Å². The second-order valence-electron chi connectivity index (χ2n) is 5.51. The first-order valence-electron chi connectivity index (χ1n) is 7.80. The molecule has 0 saturated heterocycles. The highest BCUT2D eigenvalue weighted by Crippen LogP contribution is 2.29. The molecule has 1 aromatic heterocycles. The van der Waals surface area contributed by atoms with Gasteiger partial charge in [0.25, 0.3) is 5.91 Å². The van der Waals surface area contributed by atoms with Gasteiger partial charge >= 0.3 is 0 Å². The predicted molar refractivity (Wildman–Crippen MR) is 92.9 cm³/mol. The van der Waals surface area contributed by atoms with Crippen molar-refractivity contribution < 1.29 is 18.7 Å². The Morgan fingerprint density at radius 1 is 1.36 bits per heavy atom. The topological polar surface area (TPSA) is 84.5 Å². The number of ether oxygens (including phenoxy) is 2. The van der Waals surface area contributed by atoms with Gasteiger partial charge in [0.15, 0.2) is 11.5 Å². The lowest BCUT2D eigenvalue weighted by Crippen LogP contribution is -2.23. The van der Waals surface area contributed by atoms with Gasteiger partial charge in [-0.25, -0.2) is 0 Å². The third-order valence-corrected chi connectivity index (χ3v) is 3.23. The Labute approximate surface area is 146 Å². The molecule has 1 N–H and O–H groups in total. The van der Waals surface area contributed by atoms with E-state index in [1.807, 2.05) is 19.9 Å². The van der Waals surface area contributed by atoms with Gasteiger partial charge in [-0.2, -0.15) is 5.26 Å². The second-order valence-corrected chi connectivity index (χ2v) is 5.51. The minimum Gasteiger partial charge on any atom is -0.493 e. The van der Waals surface area contributed by atoms with Crippen LogP contribution in [-0.2, 0) is 11.3 Å². The fourth-order valence-electron chi connectivity index (χ4n) is 2.12. The van der Waals surface area contributed by atoms with Gasteiger partial charge in [0, 0.05) is 0 Å². The lowest BCUT2D eigenvalue weighted by atomic mass is 10.1. The van der Waals surface area contributed by atoms with Crippen LogP contribution in [0.4, 0.5) is 0 Å². The first-order chi connectivity index (χ1) is 12.0. The van der Waals surface area contributed by atoms with Crippen molar-refractivity contribution in [2.24, 2.45) is 0 Å². The summed E-state index contributed by atoms with van der Waals surface area (Å²) in [4.78, 5) is 12.1. The van der Waals surface area contributed by atoms with Crippen LogP contribution < -0.4 is 14.8 Å². The van der Waals surface area contributed by atoms with Crippen molar-refractivity contribution in [2.75, 3.05) is 7.11 Å². The van der Waals surface area contributed by atoms with Gasteiger partial charge in [-0.15, -0.1) is 0 Å². The van der Waals surface area contributed by atoms with Crippen molar-refractivity contribution in [1.29, 1.82) is 5.26 Å². The molecule has 6 heteroatoms. The van der Waals surface area contributed by atoms with Crippen LogP contribution in [-0.4, -0.2) is 19.1 Å². The minimum atomic E-state index is -0.472. The van der Waals surface area contributed by atoms with E-state index in [2.05, 4.69) is 5.32 Å². The lowest BCUT2D eigenvalue weighted by molar-refractivity contribution is -0.117. The largest absolute Gasteiger partial charge is 0.493 e. The minimum absolute atomic E-state index is 0.00821. The summed E-state index contributed by atoms with van der Waals surface area (Å²) >= 11 is 0. The molecule has 0 aliphatic heterocycles. The first kappa shape index (κ1) is 18.1. The third-order valence-electron chi connectivity index (χ3n) is 3.23. The molecule has 1 aromatic carbocycles. The van der Waals surface area contributed by atoms with E-state index in [1.165, 1.54) is 19.4 Å². The van der Waals surface area contributed by atoms with Crippen LogP contribution in [0.5, 0.6) is 11.5 Å². The maximum Gasteiger partial charge on any atom is 0.262 e.